The van der Waals surface area contributed by atoms with Gasteiger partial charge in [-0.1, -0.05) is 17.7 Å². The standard InChI is InChI=1S/C18H18ClNO3S/c1-11-15(18(22)23-3)5-4-6-16(11)20-17(21)12(2)24-14-9-7-13(19)8-10-14/h4-10,12H,1-3H3,(H,20,21)/t12-/m0/s1. The highest BCUT2D eigenvalue weighted by Gasteiger charge is 2.17. The monoisotopic (exact) mass is 363 g/mol. The Morgan fingerprint density at radius 3 is 2.46 bits per heavy atom. The molecular formula is C18H18ClNO3S. The number of hydrogen-bond donors (Lipinski definition) is 1. The third-order valence-electron chi connectivity index (χ3n) is 3.49. The molecule has 0 bridgehead atoms. The van der Waals surface area contributed by atoms with Gasteiger partial charge in [0.05, 0.1) is 17.9 Å². The number of nitrogens with one attached hydrogen (secondary N) is 1. The van der Waals surface area contributed by atoms with Crippen LogP contribution in [0.2, 0.25) is 5.02 Å². The van der Waals surface area contributed by atoms with Gasteiger partial charge in [-0.3, -0.25) is 4.79 Å². The molecule has 0 fully saturated rings. The lowest BCUT2D eigenvalue weighted by Crippen LogP contribution is -2.23. The minimum absolute atomic E-state index is 0.139. The number of rotatable bonds is 5. The van der Waals surface area contributed by atoms with Crippen LogP contribution in [0.15, 0.2) is 47.4 Å². The number of carbonyl (C=O) groups excluding carboxylic acids is 2. The summed E-state index contributed by atoms with van der Waals surface area (Å²) in [6.45, 7) is 3.60. The van der Waals surface area contributed by atoms with E-state index in [4.69, 9.17) is 16.3 Å². The molecule has 1 N–H and O–H groups in total. The van der Waals surface area contributed by atoms with E-state index < -0.39 is 5.97 Å². The SMILES string of the molecule is COC(=O)c1cccc(NC(=O)[C@H](C)Sc2ccc(Cl)cc2)c1C. The third-order valence-corrected chi connectivity index (χ3v) is 4.86. The molecule has 6 heteroatoms. The van der Waals surface area contributed by atoms with Crippen molar-refractivity contribution < 1.29 is 14.3 Å². The van der Waals surface area contributed by atoms with Gasteiger partial charge in [-0.25, -0.2) is 4.79 Å². The number of anilines is 1. The van der Waals surface area contributed by atoms with Crippen LogP contribution in [0.3, 0.4) is 0 Å². The van der Waals surface area contributed by atoms with Gasteiger partial charge in [-0.2, -0.15) is 0 Å². The molecule has 2 rings (SSSR count). The van der Waals surface area contributed by atoms with Crippen molar-refractivity contribution >= 4 is 40.9 Å². The van der Waals surface area contributed by atoms with Crippen LogP contribution in [0.5, 0.6) is 0 Å². The highest BCUT2D eigenvalue weighted by Crippen LogP contribution is 2.26. The Kier molecular flexibility index (Phi) is 6.29. The fraction of sp³-hybridized carbons (Fsp3) is 0.222. The number of ether oxygens (including phenoxy) is 1. The summed E-state index contributed by atoms with van der Waals surface area (Å²) < 4.78 is 4.75. The number of halogens is 1. The van der Waals surface area contributed by atoms with Gasteiger partial charge >= 0.3 is 5.97 Å². The van der Waals surface area contributed by atoms with E-state index in [1.54, 1.807) is 37.3 Å². The van der Waals surface area contributed by atoms with Gasteiger partial charge in [0.2, 0.25) is 5.91 Å². The lowest BCUT2D eigenvalue weighted by Gasteiger charge is -2.15. The highest BCUT2D eigenvalue weighted by molar-refractivity contribution is 8.00. The lowest BCUT2D eigenvalue weighted by atomic mass is 10.1. The van der Waals surface area contributed by atoms with Crippen molar-refractivity contribution in [3.05, 3.63) is 58.6 Å². The summed E-state index contributed by atoms with van der Waals surface area (Å²) in [6, 6.07) is 12.5. The van der Waals surface area contributed by atoms with Crippen LogP contribution >= 0.6 is 23.4 Å². The first-order valence-corrected chi connectivity index (χ1v) is 8.59. The molecule has 0 aromatic heterocycles. The quantitative estimate of drug-likeness (QED) is 0.625. The van der Waals surface area contributed by atoms with Gasteiger partial charge in [-0.15, -0.1) is 11.8 Å². The van der Waals surface area contributed by atoms with Gasteiger partial charge in [0, 0.05) is 15.6 Å². The maximum Gasteiger partial charge on any atom is 0.338 e. The van der Waals surface area contributed by atoms with Crippen molar-refractivity contribution in [1.29, 1.82) is 0 Å². The predicted octanol–water partition coefficient (Wildman–Crippen LogP) is 4.55. The Hall–Kier alpha value is -1.98. The minimum atomic E-state index is -0.424. The van der Waals surface area contributed by atoms with Crippen molar-refractivity contribution in [2.24, 2.45) is 0 Å². The maximum absolute atomic E-state index is 12.4. The van der Waals surface area contributed by atoms with E-state index in [1.165, 1.54) is 18.9 Å². The van der Waals surface area contributed by atoms with Gasteiger partial charge in [-0.05, 0) is 55.8 Å². The molecule has 1 amide bonds. The Morgan fingerprint density at radius 2 is 1.83 bits per heavy atom. The molecule has 0 aliphatic heterocycles. The number of carbonyl (C=O) groups is 2. The predicted molar refractivity (Wildman–Crippen MR) is 97.9 cm³/mol. The number of thioether (sulfide) groups is 1. The van der Waals surface area contributed by atoms with Gasteiger partial charge < -0.3 is 10.1 Å². The minimum Gasteiger partial charge on any atom is -0.465 e. The lowest BCUT2D eigenvalue weighted by molar-refractivity contribution is -0.115. The second kappa shape index (κ2) is 8.22. The molecule has 2 aromatic carbocycles. The average molecular weight is 364 g/mol. The summed E-state index contributed by atoms with van der Waals surface area (Å²) in [5.74, 6) is -0.563. The smallest absolute Gasteiger partial charge is 0.338 e. The van der Waals surface area contributed by atoms with Crippen molar-refractivity contribution in [2.75, 3.05) is 12.4 Å². The van der Waals surface area contributed by atoms with Crippen molar-refractivity contribution in [1.82, 2.24) is 0 Å². The van der Waals surface area contributed by atoms with E-state index >= 15 is 0 Å². The normalized spacial score (nSPS) is 11.7. The second-order valence-corrected chi connectivity index (χ2v) is 7.02. The van der Waals surface area contributed by atoms with E-state index in [2.05, 4.69) is 5.32 Å². The van der Waals surface area contributed by atoms with Crippen molar-refractivity contribution in [2.45, 2.75) is 24.0 Å². The Morgan fingerprint density at radius 1 is 1.17 bits per heavy atom. The Labute approximate surface area is 150 Å². The van der Waals surface area contributed by atoms with E-state index in [9.17, 15) is 9.59 Å². The summed E-state index contributed by atoms with van der Waals surface area (Å²) >= 11 is 7.30. The van der Waals surface area contributed by atoms with Crippen LogP contribution in [0, 0.1) is 6.92 Å². The van der Waals surface area contributed by atoms with E-state index in [0.717, 1.165) is 4.90 Å². The number of esters is 1. The van der Waals surface area contributed by atoms with E-state index in [-0.39, 0.29) is 11.2 Å². The molecule has 0 spiro atoms. The first-order chi connectivity index (χ1) is 11.4. The zero-order chi connectivity index (χ0) is 17.7. The van der Waals surface area contributed by atoms with Crippen LogP contribution in [0.25, 0.3) is 0 Å². The van der Waals surface area contributed by atoms with Crippen LogP contribution in [0.1, 0.15) is 22.8 Å². The first kappa shape index (κ1) is 18.4. The summed E-state index contributed by atoms with van der Waals surface area (Å²) in [4.78, 5) is 25.1. The summed E-state index contributed by atoms with van der Waals surface area (Å²) in [5, 5.41) is 3.23. The number of methoxy groups -OCH3 is 1. The molecule has 0 aliphatic carbocycles. The van der Waals surface area contributed by atoms with Gasteiger partial charge in [0.1, 0.15) is 0 Å². The zero-order valence-electron chi connectivity index (χ0n) is 13.6. The molecule has 24 heavy (non-hydrogen) atoms. The molecule has 126 valence electrons. The molecule has 0 saturated carbocycles. The number of amides is 1. The molecule has 0 unspecified atom stereocenters. The number of benzene rings is 2. The molecule has 0 aliphatic rings. The summed E-state index contributed by atoms with van der Waals surface area (Å²) in [6.07, 6.45) is 0. The Bertz CT molecular complexity index is 746. The van der Waals surface area contributed by atoms with Gasteiger partial charge in [0.15, 0.2) is 0 Å². The summed E-state index contributed by atoms with van der Waals surface area (Å²) in [5.41, 5.74) is 1.72. The maximum atomic E-state index is 12.4. The molecule has 0 radical (unpaired) electrons. The third kappa shape index (κ3) is 4.52. The first-order valence-electron chi connectivity index (χ1n) is 7.33. The molecule has 0 heterocycles. The van der Waals surface area contributed by atoms with Crippen LogP contribution in [-0.2, 0) is 9.53 Å². The Balaban J connectivity index is 2.08. The molecule has 0 saturated heterocycles. The summed E-state index contributed by atoms with van der Waals surface area (Å²) in [7, 11) is 1.33. The topological polar surface area (TPSA) is 55.4 Å². The average Bonchev–Trinajstić information content (AvgIpc) is 2.58. The van der Waals surface area contributed by atoms with Crippen molar-refractivity contribution in [3.8, 4) is 0 Å². The largest absolute Gasteiger partial charge is 0.465 e. The van der Waals surface area contributed by atoms with Crippen LogP contribution in [-0.4, -0.2) is 24.2 Å². The van der Waals surface area contributed by atoms with Crippen molar-refractivity contribution in [3.63, 3.8) is 0 Å². The number of hydrogen-bond acceptors (Lipinski definition) is 4. The van der Waals surface area contributed by atoms with Crippen LogP contribution in [0.4, 0.5) is 5.69 Å². The second-order valence-electron chi connectivity index (χ2n) is 5.17. The molecule has 4 nitrogen and oxygen atoms in total. The zero-order valence-corrected chi connectivity index (χ0v) is 15.2. The van der Waals surface area contributed by atoms with Crippen LogP contribution < -0.4 is 5.32 Å². The van der Waals surface area contributed by atoms with Gasteiger partial charge in [0.25, 0.3) is 0 Å². The molecule has 1 atom stereocenters. The van der Waals surface area contributed by atoms with E-state index in [0.29, 0.717) is 21.8 Å². The molecular weight excluding hydrogens is 346 g/mol. The highest BCUT2D eigenvalue weighted by atomic mass is 35.5. The van der Waals surface area contributed by atoms with E-state index in [1.807, 2.05) is 19.1 Å². The fourth-order valence-electron chi connectivity index (χ4n) is 2.11. The molecule has 2 aromatic rings. The fourth-order valence-corrected chi connectivity index (χ4v) is 3.10.